The number of rotatable bonds is 8. The van der Waals surface area contributed by atoms with Gasteiger partial charge in [-0.25, -0.2) is 13.1 Å². The molecular weight excluding hydrogens is 512 g/mol. The molecule has 38 heavy (non-hydrogen) atoms. The molecule has 11 nitrogen and oxygen atoms in total. The molecule has 0 radical (unpaired) electrons. The van der Waals surface area contributed by atoms with Gasteiger partial charge in [-0.15, -0.1) is 0 Å². The highest BCUT2D eigenvalue weighted by molar-refractivity contribution is 7.89. The number of methoxy groups -OCH3 is 1. The lowest BCUT2D eigenvalue weighted by Gasteiger charge is -2.14. The Labute approximate surface area is 218 Å². The molecule has 0 bridgehead atoms. The van der Waals surface area contributed by atoms with Crippen LogP contribution in [0.25, 0.3) is 22.0 Å². The average molecular weight is 539 g/mol. The Morgan fingerprint density at radius 3 is 2.53 bits per heavy atom. The maximum absolute atomic E-state index is 13.5. The van der Waals surface area contributed by atoms with Gasteiger partial charge in [-0.1, -0.05) is 19.9 Å². The fraction of sp³-hybridized carbons (Fsp3) is 0.231. The van der Waals surface area contributed by atoms with Crippen LogP contribution in [0.5, 0.6) is 5.75 Å². The molecule has 0 saturated heterocycles. The first kappa shape index (κ1) is 26.6. The number of pyridine rings is 1. The van der Waals surface area contributed by atoms with Crippen molar-refractivity contribution < 1.29 is 22.9 Å². The molecule has 0 aliphatic heterocycles. The minimum Gasteiger partial charge on any atom is -0.496 e. The van der Waals surface area contributed by atoms with Gasteiger partial charge in [0.15, 0.2) is 0 Å². The monoisotopic (exact) mass is 538 g/mol. The molecule has 0 aliphatic rings. The van der Waals surface area contributed by atoms with E-state index >= 15 is 0 Å². The summed E-state index contributed by atoms with van der Waals surface area (Å²) in [5, 5.41) is 12.0. The molecule has 198 valence electrons. The lowest BCUT2D eigenvalue weighted by atomic mass is 9.97. The van der Waals surface area contributed by atoms with E-state index in [1.807, 2.05) is 30.7 Å². The van der Waals surface area contributed by atoms with Crippen LogP contribution < -0.4 is 15.0 Å². The topological polar surface area (TPSA) is 153 Å². The molecule has 1 amide bonds. The number of ether oxygens (including phenoxy) is 1. The van der Waals surface area contributed by atoms with Crippen LogP contribution in [0.4, 0.5) is 5.69 Å². The van der Waals surface area contributed by atoms with Gasteiger partial charge >= 0.3 is 0 Å². The summed E-state index contributed by atoms with van der Waals surface area (Å²) in [6.45, 7) is 3.91. The first-order chi connectivity index (χ1) is 17.9. The van der Waals surface area contributed by atoms with E-state index in [-0.39, 0.29) is 35.0 Å². The zero-order chi connectivity index (χ0) is 27.8. The first-order valence-corrected chi connectivity index (χ1v) is 13.5. The fourth-order valence-electron chi connectivity index (χ4n) is 4.41. The number of nitro groups is 1. The summed E-state index contributed by atoms with van der Waals surface area (Å²) in [5.41, 5.74) is 1.52. The van der Waals surface area contributed by atoms with E-state index in [0.29, 0.717) is 22.2 Å². The highest BCUT2D eigenvalue weighted by Crippen LogP contribution is 2.37. The van der Waals surface area contributed by atoms with Crippen LogP contribution in [0.1, 0.15) is 41.4 Å². The number of hydrogen-bond acceptors (Lipinski definition) is 7. The summed E-state index contributed by atoms with van der Waals surface area (Å²) in [5.74, 6) is -0.489. The van der Waals surface area contributed by atoms with Gasteiger partial charge in [-0.05, 0) is 41.8 Å². The van der Waals surface area contributed by atoms with Crippen LogP contribution >= 0.6 is 0 Å². The minimum absolute atomic E-state index is 0.0837. The number of non-ortho nitro benzene ring substituents is 1. The van der Waals surface area contributed by atoms with E-state index in [1.165, 1.54) is 31.5 Å². The number of carbonyl (C=O) groups is 1. The molecule has 0 unspecified atom stereocenters. The van der Waals surface area contributed by atoms with Crippen LogP contribution in [0.2, 0.25) is 0 Å². The Morgan fingerprint density at radius 2 is 1.92 bits per heavy atom. The van der Waals surface area contributed by atoms with Gasteiger partial charge in [-0.2, -0.15) is 0 Å². The number of fused-ring (bicyclic) bond motifs is 1. The Bertz CT molecular complexity index is 1740. The van der Waals surface area contributed by atoms with Crippen molar-refractivity contribution in [1.82, 2.24) is 14.3 Å². The van der Waals surface area contributed by atoms with Crippen molar-refractivity contribution in [3.8, 4) is 16.9 Å². The molecular formula is C26H26N4O7S. The highest BCUT2D eigenvalue weighted by Gasteiger charge is 2.28. The third-order valence-electron chi connectivity index (χ3n) is 6.14. The van der Waals surface area contributed by atoms with E-state index < -0.39 is 26.4 Å². The van der Waals surface area contributed by atoms with E-state index in [2.05, 4.69) is 4.98 Å². The van der Waals surface area contributed by atoms with E-state index in [1.54, 1.807) is 22.8 Å². The van der Waals surface area contributed by atoms with Gasteiger partial charge < -0.3 is 14.3 Å². The van der Waals surface area contributed by atoms with Crippen molar-refractivity contribution in [2.75, 3.05) is 13.4 Å². The Morgan fingerprint density at radius 1 is 1.18 bits per heavy atom. The van der Waals surface area contributed by atoms with Crippen LogP contribution in [-0.2, 0) is 16.6 Å². The van der Waals surface area contributed by atoms with Crippen molar-refractivity contribution in [2.45, 2.75) is 26.3 Å². The average Bonchev–Trinajstić information content (AvgIpc) is 3.16. The van der Waals surface area contributed by atoms with Crippen LogP contribution in [0, 0.1) is 10.1 Å². The number of carbonyl (C=O) groups excluding carboxylic acids is 1. The number of amides is 1. The number of benzene rings is 2. The van der Waals surface area contributed by atoms with Gasteiger partial charge in [0.05, 0.1) is 24.8 Å². The number of nitrogens with one attached hydrogen (secondary N) is 2. The smallest absolute Gasteiger partial charge is 0.282 e. The van der Waals surface area contributed by atoms with E-state index in [0.717, 1.165) is 11.8 Å². The van der Waals surface area contributed by atoms with Gasteiger partial charge in [0, 0.05) is 45.9 Å². The minimum atomic E-state index is -3.97. The molecule has 0 saturated carbocycles. The molecule has 2 heterocycles. The summed E-state index contributed by atoms with van der Waals surface area (Å²) in [7, 11) is -2.56. The van der Waals surface area contributed by atoms with E-state index in [9.17, 15) is 28.1 Å². The fourth-order valence-corrected chi connectivity index (χ4v) is 4.85. The predicted octanol–water partition coefficient (Wildman–Crippen LogP) is 3.77. The van der Waals surface area contributed by atoms with Crippen LogP contribution in [0.3, 0.4) is 0 Å². The first-order valence-electron chi connectivity index (χ1n) is 11.6. The predicted molar refractivity (Wildman–Crippen MR) is 143 cm³/mol. The number of nitrogens with zero attached hydrogens (tertiary/aromatic N) is 2. The summed E-state index contributed by atoms with van der Waals surface area (Å²) in [6, 6.07) is 12.8. The molecule has 0 fully saturated rings. The normalized spacial score (nSPS) is 11.6. The lowest BCUT2D eigenvalue weighted by Crippen LogP contribution is -2.32. The SMILES string of the molecule is COc1ccc([N+](=O)[O-])cc1Cn1c(C(=O)NS(C)(=O)=O)c(-c2ccc[nH]c2=O)c2cc(C(C)C)ccc21. The van der Waals surface area contributed by atoms with Gasteiger partial charge in [0.25, 0.3) is 17.2 Å². The maximum atomic E-state index is 13.5. The summed E-state index contributed by atoms with van der Waals surface area (Å²) in [6.07, 6.45) is 2.31. The zero-order valence-electron chi connectivity index (χ0n) is 21.1. The van der Waals surface area contributed by atoms with E-state index in [4.69, 9.17) is 4.74 Å². The van der Waals surface area contributed by atoms with Crippen LogP contribution in [-0.4, -0.2) is 42.2 Å². The third-order valence-corrected chi connectivity index (χ3v) is 6.69. The number of sulfonamides is 1. The number of aromatic nitrogens is 2. The second kappa shape index (κ2) is 10.1. The number of aromatic amines is 1. The second-order valence-electron chi connectivity index (χ2n) is 9.11. The highest BCUT2D eigenvalue weighted by atomic mass is 32.2. The van der Waals surface area contributed by atoms with Crippen LogP contribution in [0.15, 0.2) is 59.5 Å². The molecule has 2 aromatic carbocycles. The Hall–Kier alpha value is -4.45. The molecule has 2 N–H and O–H groups in total. The maximum Gasteiger partial charge on any atom is 0.282 e. The summed E-state index contributed by atoms with van der Waals surface area (Å²) < 4.78 is 33.1. The Balaban J connectivity index is 2.12. The molecule has 2 aromatic heterocycles. The van der Waals surface area contributed by atoms with Crippen molar-refractivity contribution in [2.24, 2.45) is 0 Å². The molecule has 0 spiro atoms. The molecule has 0 aliphatic carbocycles. The lowest BCUT2D eigenvalue weighted by molar-refractivity contribution is -0.384. The standard InChI is InChI=1S/C26H26N4O7S/c1-15(2)16-7-9-21-20(13-16)23(19-6-5-11-27-25(19)31)24(26(32)28-38(4,35)36)29(21)14-17-12-18(30(33)34)8-10-22(17)37-3/h5-13,15H,14H2,1-4H3,(H,27,31)(H,28,32). The molecule has 0 atom stereocenters. The molecule has 12 heteroatoms. The van der Waals surface area contributed by atoms with Crippen molar-refractivity contribution in [1.29, 1.82) is 0 Å². The Kier molecular flexibility index (Phi) is 7.09. The largest absolute Gasteiger partial charge is 0.496 e. The van der Waals surface area contributed by atoms with Crippen molar-refractivity contribution in [3.63, 3.8) is 0 Å². The summed E-state index contributed by atoms with van der Waals surface area (Å²) >= 11 is 0. The number of hydrogen-bond donors (Lipinski definition) is 2. The second-order valence-corrected chi connectivity index (χ2v) is 10.9. The summed E-state index contributed by atoms with van der Waals surface area (Å²) in [4.78, 5) is 40.0. The zero-order valence-corrected chi connectivity index (χ0v) is 22.0. The number of H-pyrrole nitrogens is 1. The quantitative estimate of drug-likeness (QED) is 0.256. The molecule has 4 rings (SSSR count). The van der Waals surface area contributed by atoms with Gasteiger partial charge in [0.2, 0.25) is 10.0 Å². The third kappa shape index (κ3) is 5.16. The number of nitro benzene ring substituents is 1. The van der Waals surface area contributed by atoms with Gasteiger partial charge in [0.1, 0.15) is 11.4 Å². The van der Waals surface area contributed by atoms with Gasteiger partial charge in [-0.3, -0.25) is 19.7 Å². The van der Waals surface area contributed by atoms with Crippen molar-refractivity contribution >= 4 is 32.5 Å². The molecule has 4 aromatic rings. The van der Waals surface area contributed by atoms with Crippen molar-refractivity contribution in [3.05, 3.63) is 92.0 Å².